The second kappa shape index (κ2) is 6.48. The third kappa shape index (κ3) is 3.80. The van der Waals surface area contributed by atoms with Crippen molar-refractivity contribution in [3.8, 4) is 5.88 Å². The van der Waals surface area contributed by atoms with Crippen LogP contribution < -0.4 is 10.1 Å². The number of aliphatic hydroxyl groups is 3. The fourth-order valence-electron chi connectivity index (χ4n) is 1.22. The van der Waals surface area contributed by atoms with E-state index in [0.29, 0.717) is 5.88 Å². The summed E-state index contributed by atoms with van der Waals surface area (Å²) in [5.41, 5.74) is -1.25. The number of anilines is 1. The van der Waals surface area contributed by atoms with E-state index in [0.717, 1.165) is 0 Å². The SMILES string of the molecule is CC(C)Oc1ccnc(NC(CO)(CO)CO)n1. The van der Waals surface area contributed by atoms with Crippen LogP contribution in [0, 0.1) is 0 Å². The highest BCUT2D eigenvalue weighted by atomic mass is 16.5. The summed E-state index contributed by atoms with van der Waals surface area (Å²) in [6, 6.07) is 1.60. The zero-order valence-electron chi connectivity index (χ0n) is 10.5. The zero-order valence-corrected chi connectivity index (χ0v) is 10.5. The molecule has 0 bridgehead atoms. The van der Waals surface area contributed by atoms with Crippen molar-refractivity contribution in [1.29, 1.82) is 0 Å². The molecule has 18 heavy (non-hydrogen) atoms. The predicted octanol–water partition coefficient (Wildman–Crippen LogP) is -0.609. The highest BCUT2D eigenvalue weighted by molar-refractivity contribution is 5.32. The van der Waals surface area contributed by atoms with Crippen LogP contribution in [0.25, 0.3) is 0 Å². The molecule has 0 saturated heterocycles. The topological polar surface area (TPSA) is 108 Å². The molecule has 1 aromatic rings. The Kier molecular flexibility index (Phi) is 5.26. The van der Waals surface area contributed by atoms with Crippen molar-refractivity contribution >= 4 is 5.95 Å². The molecular formula is C11H19N3O4. The fourth-order valence-corrected chi connectivity index (χ4v) is 1.22. The number of hydrogen-bond donors (Lipinski definition) is 4. The first-order valence-corrected chi connectivity index (χ1v) is 5.65. The van der Waals surface area contributed by atoms with E-state index < -0.39 is 25.4 Å². The lowest BCUT2D eigenvalue weighted by Crippen LogP contribution is -2.49. The molecule has 102 valence electrons. The van der Waals surface area contributed by atoms with Crippen molar-refractivity contribution < 1.29 is 20.1 Å². The van der Waals surface area contributed by atoms with Gasteiger partial charge in [-0.05, 0) is 13.8 Å². The zero-order chi connectivity index (χ0) is 13.6. The third-order valence-corrected chi connectivity index (χ3v) is 2.27. The van der Waals surface area contributed by atoms with Crippen molar-refractivity contribution in [3.05, 3.63) is 12.3 Å². The summed E-state index contributed by atoms with van der Waals surface area (Å²) in [6.07, 6.45) is 1.47. The van der Waals surface area contributed by atoms with E-state index in [1.165, 1.54) is 6.20 Å². The van der Waals surface area contributed by atoms with Crippen molar-refractivity contribution in [2.24, 2.45) is 0 Å². The molecule has 1 aromatic heterocycles. The molecule has 1 rings (SSSR count). The summed E-state index contributed by atoms with van der Waals surface area (Å²) in [4.78, 5) is 8.00. The summed E-state index contributed by atoms with van der Waals surface area (Å²) in [5.74, 6) is 0.551. The lowest BCUT2D eigenvalue weighted by Gasteiger charge is -2.28. The molecule has 7 heteroatoms. The quantitative estimate of drug-likeness (QED) is 0.516. The number of aromatic nitrogens is 2. The van der Waals surface area contributed by atoms with Crippen LogP contribution in [-0.2, 0) is 0 Å². The molecular weight excluding hydrogens is 238 g/mol. The Morgan fingerprint density at radius 3 is 2.39 bits per heavy atom. The van der Waals surface area contributed by atoms with E-state index in [2.05, 4.69) is 15.3 Å². The van der Waals surface area contributed by atoms with Gasteiger partial charge >= 0.3 is 0 Å². The number of ether oxygens (including phenoxy) is 1. The maximum absolute atomic E-state index is 9.18. The minimum atomic E-state index is -1.25. The smallest absolute Gasteiger partial charge is 0.226 e. The molecule has 0 aliphatic heterocycles. The average Bonchev–Trinajstić information content (AvgIpc) is 2.36. The second-order valence-corrected chi connectivity index (χ2v) is 4.26. The molecule has 1 heterocycles. The molecule has 7 nitrogen and oxygen atoms in total. The van der Waals surface area contributed by atoms with Crippen LogP contribution in [-0.4, -0.2) is 56.8 Å². The molecule has 4 N–H and O–H groups in total. The van der Waals surface area contributed by atoms with Crippen LogP contribution in [0.15, 0.2) is 12.3 Å². The van der Waals surface area contributed by atoms with Gasteiger partial charge in [0.1, 0.15) is 5.54 Å². The summed E-state index contributed by atoms with van der Waals surface area (Å²) in [7, 11) is 0. The largest absolute Gasteiger partial charge is 0.475 e. The summed E-state index contributed by atoms with van der Waals surface area (Å²) in [6.45, 7) is 2.40. The number of aliphatic hydroxyl groups excluding tert-OH is 3. The predicted molar refractivity (Wildman–Crippen MR) is 65.4 cm³/mol. The Balaban J connectivity index is 2.83. The molecule has 0 fully saturated rings. The van der Waals surface area contributed by atoms with E-state index in [4.69, 9.17) is 4.74 Å². The van der Waals surface area contributed by atoms with E-state index in [-0.39, 0.29) is 12.1 Å². The Bertz CT molecular complexity index is 361. The first-order valence-electron chi connectivity index (χ1n) is 5.65. The van der Waals surface area contributed by atoms with Gasteiger partial charge in [-0.25, -0.2) is 4.98 Å². The van der Waals surface area contributed by atoms with Gasteiger partial charge in [0.15, 0.2) is 0 Å². The number of nitrogens with zero attached hydrogens (tertiary/aromatic N) is 2. The Morgan fingerprint density at radius 1 is 1.28 bits per heavy atom. The normalized spacial score (nSPS) is 11.7. The molecule has 0 aliphatic rings. The fraction of sp³-hybridized carbons (Fsp3) is 0.636. The Morgan fingerprint density at radius 2 is 1.89 bits per heavy atom. The van der Waals surface area contributed by atoms with Gasteiger partial charge < -0.3 is 25.4 Å². The van der Waals surface area contributed by atoms with Crippen molar-refractivity contribution in [2.75, 3.05) is 25.1 Å². The van der Waals surface area contributed by atoms with Gasteiger partial charge in [-0.3, -0.25) is 0 Å². The highest BCUT2D eigenvalue weighted by Crippen LogP contribution is 2.14. The molecule has 0 saturated carbocycles. The van der Waals surface area contributed by atoms with Gasteiger partial charge in [-0.1, -0.05) is 0 Å². The van der Waals surface area contributed by atoms with E-state index in [1.807, 2.05) is 13.8 Å². The molecule has 0 amide bonds. The van der Waals surface area contributed by atoms with Crippen LogP contribution in [0.1, 0.15) is 13.8 Å². The second-order valence-electron chi connectivity index (χ2n) is 4.26. The van der Waals surface area contributed by atoms with Crippen LogP contribution >= 0.6 is 0 Å². The van der Waals surface area contributed by atoms with Crippen LogP contribution in [0.5, 0.6) is 5.88 Å². The first kappa shape index (κ1) is 14.6. The van der Waals surface area contributed by atoms with Crippen molar-refractivity contribution in [1.82, 2.24) is 9.97 Å². The number of nitrogens with one attached hydrogen (secondary N) is 1. The Hall–Kier alpha value is -1.44. The van der Waals surface area contributed by atoms with Crippen molar-refractivity contribution in [3.63, 3.8) is 0 Å². The molecule has 0 atom stereocenters. The number of rotatable bonds is 7. The lowest BCUT2D eigenvalue weighted by molar-refractivity contribution is 0.0827. The van der Waals surface area contributed by atoms with E-state index in [9.17, 15) is 15.3 Å². The number of hydrogen-bond acceptors (Lipinski definition) is 7. The standard InChI is InChI=1S/C11H19N3O4/c1-8(2)18-9-3-4-12-10(13-9)14-11(5-15,6-16)7-17/h3-4,8,15-17H,5-7H2,1-2H3,(H,12,13,14). The highest BCUT2D eigenvalue weighted by Gasteiger charge is 2.28. The van der Waals surface area contributed by atoms with E-state index >= 15 is 0 Å². The molecule has 0 unspecified atom stereocenters. The van der Waals surface area contributed by atoms with Gasteiger partial charge in [0.25, 0.3) is 0 Å². The van der Waals surface area contributed by atoms with E-state index in [1.54, 1.807) is 6.07 Å². The van der Waals surface area contributed by atoms with Crippen LogP contribution in [0.4, 0.5) is 5.95 Å². The van der Waals surface area contributed by atoms with Crippen LogP contribution in [0.2, 0.25) is 0 Å². The minimum absolute atomic E-state index is 0.0222. The maximum atomic E-state index is 9.18. The van der Waals surface area contributed by atoms with Gasteiger partial charge in [0.2, 0.25) is 11.8 Å². The van der Waals surface area contributed by atoms with Gasteiger partial charge in [0.05, 0.1) is 25.9 Å². The molecule has 0 aliphatic carbocycles. The summed E-state index contributed by atoms with van der Waals surface area (Å²) in [5, 5.41) is 30.3. The molecule has 0 aromatic carbocycles. The monoisotopic (exact) mass is 257 g/mol. The average molecular weight is 257 g/mol. The van der Waals surface area contributed by atoms with Crippen LogP contribution in [0.3, 0.4) is 0 Å². The van der Waals surface area contributed by atoms with Gasteiger partial charge in [-0.2, -0.15) is 4.98 Å². The third-order valence-electron chi connectivity index (χ3n) is 2.27. The van der Waals surface area contributed by atoms with Gasteiger partial charge in [0, 0.05) is 12.3 Å². The minimum Gasteiger partial charge on any atom is -0.475 e. The maximum Gasteiger partial charge on any atom is 0.226 e. The summed E-state index contributed by atoms with van der Waals surface area (Å²) >= 11 is 0. The summed E-state index contributed by atoms with van der Waals surface area (Å²) < 4.78 is 5.39. The Labute approximate surface area is 105 Å². The lowest BCUT2D eigenvalue weighted by atomic mass is 10.0. The molecule has 0 radical (unpaired) electrons. The van der Waals surface area contributed by atoms with Crippen molar-refractivity contribution in [2.45, 2.75) is 25.5 Å². The van der Waals surface area contributed by atoms with Gasteiger partial charge in [-0.15, -0.1) is 0 Å². The first-order chi connectivity index (χ1) is 8.55. The molecule has 0 spiro atoms.